The van der Waals surface area contributed by atoms with Gasteiger partial charge in [0, 0.05) is 42.0 Å². The van der Waals surface area contributed by atoms with Gasteiger partial charge in [-0.1, -0.05) is 58.0 Å². The minimum Gasteiger partial charge on any atom is -0.458 e. The summed E-state index contributed by atoms with van der Waals surface area (Å²) >= 11 is 0. The van der Waals surface area contributed by atoms with Crippen LogP contribution in [0.5, 0.6) is 0 Å². The van der Waals surface area contributed by atoms with E-state index in [0.29, 0.717) is 26.1 Å². The molecule has 308 valence electrons. The first-order chi connectivity index (χ1) is 26.5. The van der Waals surface area contributed by atoms with E-state index in [-0.39, 0.29) is 48.5 Å². The number of rotatable bonds is 8. The topological polar surface area (TPSA) is 120 Å². The van der Waals surface area contributed by atoms with Gasteiger partial charge in [-0.05, 0) is 91.6 Å². The maximum Gasteiger partial charge on any atom is 0.412 e. The third kappa shape index (κ3) is 8.27. The first-order valence-corrected chi connectivity index (χ1v) is 20.6. The van der Waals surface area contributed by atoms with Gasteiger partial charge in [0.2, 0.25) is 0 Å². The first kappa shape index (κ1) is 42.2. The van der Waals surface area contributed by atoms with Crippen LogP contribution in [0.25, 0.3) is 17.0 Å². The molecule has 12 nitrogen and oxygen atoms in total. The molecule has 5 heterocycles. The molecule has 0 spiro atoms. The molecule has 1 amide bonds. The maximum absolute atomic E-state index is 14.6. The van der Waals surface area contributed by atoms with Gasteiger partial charge in [0.05, 0.1) is 42.6 Å². The van der Waals surface area contributed by atoms with Crippen molar-refractivity contribution in [1.82, 2.24) is 19.7 Å². The molecule has 4 aliphatic rings. The molecule has 12 heteroatoms. The van der Waals surface area contributed by atoms with Gasteiger partial charge in [-0.25, -0.2) is 4.79 Å². The average Bonchev–Trinajstić information content (AvgIpc) is 3.62. The highest BCUT2D eigenvalue weighted by Crippen LogP contribution is 2.44. The van der Waals surface area contributed by atoms with Crippen LogP contribution < -0.4 is 0 Å². The molecule has 4 fully saturated rings. The largest absolute Gasteiger partial charge is 0.458 e. The van der Waals surface area contributed by atoms with Gasteiger partial charge in [0.1, 0.15) is 12.0 Å². The van der Waals surface area contributed by atoms with Crippen LogP contribution in [0.1, 0.15) is 87.1 Å². The Morgan fingerprint density at radius 2 is 1.79 bits per heavy atom. The van der Waals surface area contributed by atoms with Gasteiger partial charge in [-0.2, -0.15) is 0 Å². The molecule has 0 N–H and O–H groups in total. The van der Waals surface area contributed by atoms with E-state index >= 15 is 0 Å². The minimum atomic E-state index is -1.11. The second kappa shape index (κ2) is 16.8. The highest BCUT2D eigenvalue weighted by atomic mass is 16.7. The standard InChI is InChI=1S/C44H64N4O8/c1-12-36-44(9)38-31(7)47(25-48(38)42(51)56-44)24-26(2)22-43(8,52-19-15-16-32-21-33-17-13-14-18-34(33)45-23-32)39(29(5)37(49)30(6)40(50)54-36)55-41-28(4)35(46(10)11)20-27(3)53-41/h13-18,21,23,26-31,35-36,38-39,41H,12,19-20,22,24-25H2,1-11H3/b16-15+/t26-,27?,28?,29+,30-,31-,35?,36-,38-,39?,41+,43-,44-/m1/s1. The van der Waals surface area contributed by atoms with Crippen molar-refractivity contribution < 1.29 is 38.1 Å². The Morgan fingerprint density at radius 3 is 2.50 bits per heavy atom. The lowest BCUT2D eigenvalue weighted by Crippen LogP contribution is -2.57. The molecule has 14 atom stereocenters. The number of hydrogen-bond acceptors (Lipinski definition) is 11. The number of amides is 1. The Hall–Kier alpha value is -3.42. The minimum absolute atomic E-state index is 0.0139. The van der Waals surface area contributed by atoms with Crippen molar-refractivity contribution in [2.24, 2.45) is 23.7 Å². The lowest BCUT2D eigenvalue weighted by molar-refractivity contribution is -0.282. The van der Waals surface area contributed by atoms with Gasteiger partial charge in [0.25, 0.3) is 0 Å². The summed E-state index contributed by atoms with van der Waals surface area (Å²) in [5, 5.41) is 1.05. The lowest BCUT2D eigenvalue weighted by Gasteiger charge is -2.47. The van der Waals surface area contributed by atoms with E-state index in [0.717, 1.165) is 22.9 Å². The fourth-order valence-electron chi connectivity index (χ4n) is 10.1. The van der Waals surface area contributed by atoms with Crippen LogP contribution in [0.4, 0.5) is 4.79 Å². The molecule has 5 unspecified atom stereocenters. The van der Waals surface area contributed by atoms with Gasteiger partial charge in [-0.15, -0.1) is 0 Å². The summed E-state index contributed by atoms with van der Waals surface area (Å²) in [6, 6.07) is 9.88. The summed E-state index contributed by atoms with van der Waals surface area (Å²) in [5.41, 5.74) is -0.221. The SMILES string of the molecule is CC[C@H]1OC(=O)[C@H](C)C(=O)[C@H](C)C(O[C@@H]2OC(C)CC(N(C)C)C2C)[C@](C)(OC/C=C/c2cnc3ccccc3c2)C[C@@H](C)CN2CN3C(=O)O[C@@]1(C)[C@H]3[C@H]2C. The van der Waals surface area contributed by atoms with Crippen molar-refractivity contribution in [2.75, 3.05) is 33.9 Å². The van der Waals surface area contributed by atoms with E-state index < -0.39 is 53.6 Å². The smallest absolute Gasteiger partial charge is 0.412 e. The van der Waals surface area contributed by atoms with E-state index in [4.69, 9.17) is 23.7 Å². The van der Waals surface area contributed by atoms with Gasteiger partial charge < -0.3 is 28.6 Å². The first-order valence-electron chi connectivity index (χ1n) is 20.6. The fourth-order valence-corrected chi connectivity index (χ4v) is 10.1. The number of aromatic nitrogens is 1. The summed E-state index contributed by atoms with van der Waals surface area (Å²) in [6.45, 7) is 19.0. The number of Topliss-reactive ketones (excluding diaryl/α,β-unsaturated/α-hetero) is 1. The Bertz CT molecular complexity index is 1770. The van der Waals surface area contributed by atoms with E-state index in [9.17, 15) is 14.4 Å². The molecule has 0 saturated carbocycles. The molecule has 1 aromatic heterocycles. The number of carbonyl (C=O) groups excluding carboxylic acids is 3. The molecule has 6 rings (SSSR count). The van der Waals surface area contributed by atoms with Crippen molar-refractivity contribution in [2.45, 2.75) is 136 Å². The third-order valence-corrected chi connectivity index (χ3v) is 13.0. The predicted molar refractivity (Wildman–Crippen MR) is 214 cm³/mol. The maximum atomic E-state index is 14.6. The summed E-state index contributed by atoms with van der Waals surface area (Å²) in [6.07, 6.45) is 4.97. The number of ketones is 1. The van der Waals surface area contributed by atoms with E-state index in [1.165, 1.54) is 0 Å². The zero-order chi connectivity index (χ0) is 40.7. The van der Waals surface area contributed by atoms with Crippen molar-refractivity contribution in [3.63, 3.8) is 0 Å². The normalized spacial score (nSPS) is 39.9. The zero-order valence-electron chi connectivity index (χ0n) is 35.3. The number of nitrogens with zero attached hydrogens (tertiary/aromatic N) is 4. The Kier molecular flexibility index (Phi) is 12.7. The lowest BCUT2D eigenvalue weighted by atomic mass is 9.78. The van der Waals surface area contributed by atoms with E-state index in [2.05, 4.69) is 62.6 Å². The molecule has 2 aromatic rings. The van der Waals surface area contributed by atoms with Crippen molar-refractivity contribution >= 4 is 34.8 Å². The number of carbonyl (C=O) groups is 3. The number of esters is 1. The average molecular weight is 777 g/mol. The molecule has 56 heavy (non-hydrogen) atoms. The number of pyridine rings is 1. The van der Waals surface area contributed by atoms with Gasteiger partial charge in [0.15, 0.2) is 17.7 Å². The molecule has 2 bridgehead atoms. The predicted octanol–water partition coefficient (Wildman–Crippen LogP) is 6.55. The van der Waals surface area contributed by atoms with Crippen molar-refractivity contribution in [3.8, 4) is 0 Å². The van der Waals surface area contributed by atoms with E-state index in [1.54, 1.807) is 11.8 Å². The zero-order valence-corrected chi connectivity index (χ0v) is 35.3. The molecule has 1 aromatic carbocycles. The van der Waals surface area contributed by atoms with Crippen LogP contribution in [-0.4, -0.2) is 125 Å². The monoisotopic (exact) mass is 776 g/mol. The molecular formula is C44H64N4O8. The second-order valence-corrected chi connectivity index (χ2v) is 17.7. The Balaban J connectivity index is 1.37. The van der Waals surface area contributed by atoms with Crippen LogP contribution >= 0.6 is 0 Å². The third-order valence-electron chi connectivity index (χ3n) is 13.0. The van der Waals surface area contributed by atoms with Crippen LogP contribution in [0.3, 0.4) is 0 Å². The van der Waals surface area contributed by atoms with Crippen LogP contribution in [0.2, 0.25) is 0 Å². The fraction of sp³-hybridized carbons (Fsp3) is 0.682. The summed E-state index contributed by atoms with van der Waals surface area (Å²) in [4.78, 5) is 52.8. The van der Waals surface area contributed by atoms with Gasteiger partial charge in [-0.3, -0.25) is 24.4 Å². The number of benzene rings is 1. The molecule has 0 radical (unpaired) electrons. The number of cyclic esters (lactones) is 1. The molecule has 4 aliphatic heterocycles. The Labute approximate surface area is 333 Å². The van der Waals surface area contributed by atoms with E-state index in [1.807, 2.05) is 70.3 Å². The van der Waals surface area contributed by atoms with Crippen molar-refractivity contribution in [3.05, 3.63) is 48.2 Å². The quantitative estimate of drug-likeness (QED) is 0.214. The number of fused-ring (bicyclic) bond motifs is 2. The number of hydrogen-bond donors (Lipinski definition) is 0. The summed E-state index contributed by atoms with van der Waals surface area (Å²) in [7, 11) is 4.14. The van der Waals surface area contributed by atoms with Crippen LogP contribution in [0.15, 0.2) is 42.6 Å². The second-order valence-electron chi connectivity index (χ2n) is 17.7. The van der Waals surface area contributed by atoms with Crippen molar-refractivity contribution in [1.29, 1.82) is 0 Å². The van der Waals surface area contributed by atoms with Crippen LogP contribution in [0, 0.1) is 23.7 Å². The van der Waals surface area contributed by atoms with Gasteiger partial charge >= 0.3 is 12.1 Å². The number of para-hydroxylation sites is 1. The highest BCUT2D eigenvalue weighted by molar-refractivity contribution is 6.00. The Morgan fingerprint density at radius 1 is 1.05 bits per heavy atom. The highest BCUT2D eigenvalue weighted by Gasteiger charge is 2.62. The molecule has 4 saturated heterocycles. The summed E-state index contributed by atoms with van der Waals surface area (Å²) in [5.74, 6) is -2.80. The van der Waals surface area contributed by atoms with Crippen LogP contribution in [-0.2, 0) is 33.3 Å². The molecular weight excluding hydrogens is 713 g/mol. The number of ether oxygens (including phenoxy) is 5. The molecule has 0 aliphatic carbocycles. The summed E-state index contributed by atoms with van der Waals surface area (Å²) < 4.78 is 32.8.